The van der Waals surface area contributed by atoms with Crippen molar-refractivity contribution in [3.8, 4) is 0 Å². The number of unbranched alkanes of at least 4 members (excludes halogenated alkanes) is 42. The summed E-state index contributed by atoms with van der Waals surface area (Å²) in [6.45, 7) is 4.61. The number of carbonyl (C=O) groups is 1. The Labute approximate surface area is 455 Å². The van der Waals surface area contributed by atoms with Crippen LogP contribution < -0.4 is 10.2 Å². The van der Waals surface area contributed by atoms with Crippen LogP contribution in [0.1, 0.15) is 316 Å². The molecular weight excluding hydrogens is 924 g/mol. The van der Waals surface area contributed by atoms with E-state index in [1.54, 1.807) is 6.08 Å². The molecular formula is C64H125N2O6P. The summed E-state index contributed by atoms with van der Waals surface area (Å²) < 4.78 is 23.2. The second-order valence-electron chi connectivity index (χ2n) is 23.1. The van der Waals surface area contributed by atoms with Gasteiger partial charge in [-0.05, 0) is 57.8 Å². The van der Waals surface area contributed by atoms with E-state index in [9.17, 15) is 19.4 Å². The van der Waals surface area contributed by atoms with E-state index < -0.39 is 20.0 Å². The van der Waals surface area contributed by atoms with Gasteiger partial charge >= 0.3 is 0 Å². The number of amides is 1. The minimum Gasteiger partial charge on any atom is -0.756 e. The molecule has 2 N–H and O–H groups in total. The molecule has 1 amide bonds. The fourth-order valence-electron chi connectivity index (χ4n) is 9.58. The summed E-state index contributed by atoms with van der Waals surface area (Å²) in [6.07, 6.45) is 73.0. The van der Waals surface area contributed by atoms with E-state index in [4.69, 9.17) is 9.05 Å². The maximum atomic E-state index is 12.9. The number of phosphoric acid groups is 1. The van der Waals surface area contributed by atoms with Gasteiger partial charge in [0, 0.05) is 6.42 Å². The highest BCUT2D eigenvalue weighted by Crippen LogP contribution is 2.38. The van der Waals surface area contributed by atoms with Crippen LogP contribution in [0.15, 0.2) is 36.5 Å². The van der Waals surface area contributed by atoms with Crippen molar-refractivity contribution in [3.05, 3.63) is 36.5 Å². The number of nitrogens with zero attached hydrogens (tertiary/aromatic N) is 1. The summed E-state index contributed by atoms with van der Waals surface area (Å²) in [5.41, 5.74) is 0. The molecule has 3 unspecified atom stereocenters. The van der Waals surface area contributed by atoms with Crippen molar-refractivity contribution in [2.75, 3.05) is 40.9 Å². The van der Waals surface area contributed by atoms with Crippen molar-refractivity contribution in [1.29, 1.82) is 0 Å². The summed E-state index contributed by atoms with van der Waals surface area (Å²) in [6, 6.07) is -0.899. The highest BCUT2D eigenvalue weighted by atomic mass is 31.2. The lowest BCUT2D eigenvalue weighted by molar-refractivity contribution is -0.870. The van der Waals surface area contributed by atoms with Gasteiger partial charge in [0.15, 0.2) is 0 Å². The summed E-state index contributed by atoms with van der Waals surface area (Å²) in [5, 5.41) is 13.8. The molecule has 9 heteroatoms. The monoisotopic (exact) mass is 1050 g/mol. The lowest BCUT2D eigenvalue weighted by atomic mass is 10.0. The Morgan fingerprint density at radius 3 is 1.12 bits per heavy atom. The minimum atomic E-state index is -4.60. The van der Waals surface area contributed by atoms with Crippen molar-refractivity contribution in [3.63, 3.8) is 0 Å². The largest absolute Gasteiger partial charge is 0.756 e. The molecule has 0 heterocycles. The number of allylic oxidation sites excluding steroid dienone is 5. The molecule has 0 aromatic rings. The number of rotatable bonds is 59. The van der Waals surface area contributed by atoms with E-state index in [1.807, 2.05) is 27.2 Å². The number of hydrogen-bond donors (Lipinski definition) is 2. The first kappa shape index (κ1) is 71.7. The van der Waals surface area contributed by atoms with Gasteiger partial charge in [0.1, 0.15) is 13.2 Å². The Balaban J connectivity index is 3.76. The Morgan fingerprint density at radius 2 is 0.767 bits per heavy atom. The zero-order valence-electron chi connectivity index (χ0n) is 49.4. The molecule has 0 aromatic carbocycles. The molecule has 0 aliphatic heterocycles. The van der Waals surface area contributed by atoms with Gasteiger partial charge in [-0.15, -0.1) is 0 Å². The number of likely N-dealkylation sites (N-methyl/N-ethyl adjacent to an activating group) is 1. The van der Waals surface area contributed by atoms with E-state index in [2.05, 4.69) is 43.5 Å². The van der Waals surface area contributed by atoms with Crippen LogP contribution in [0.5, 0.6) is 0 Å². The van der Waals surface area contributed by atoms with Crippen molar-refractivity contribution < 1.29 is 32.9 Å². The molecule has 8 nitrogen and oxygen atoms in total. The van der Waals surface area contributed by atoms with Crippen LogP contribution in [-0.2, 0) is 18.4 Å². The molecule has 0 aliphatic carbocycles. The van der Waals surface area contributed by atoms with Crippen LogP contribution in [0.25, 0.3) is 0 Å². The smallest absolute Gasteiger partial charge is 0.268 e. The molecule has 0 fully saturated rings. The maximum Gasteiger partial charge on any atom is 0.268 e. The lowest BCUT2D eigenvalue weighted by Crippen LogP contribution is -2.45. The molecule has 0 saturated carbocycles. The van der Waals surface area contributed by atoms with Gasteiger partial charge in [-0.3, -0.25) is 9.36 Å². The fourth-order valence-corrected chi connectivity index (χ4v) is 10.3. The van der Waals surface area contributed by atoms with E-state index in [1.165, 1.54) is 257 Å². The van der Waals surface area contributed by atoms with E-state index >= 15 is 0 Å². The summed E-state index contributed by atoms with van der Waals surface area (Å²) in [4.78, 5) is 25.4. The van der Waals surface area contributed by atoms with Gasteiger partial charge < -0.3 is 28.8 Å². The molecule has 432 valence electrons. The van der Waals surface area contributed by atoms with Crippen LogP contribution in [-0.4, -0.2) is 68.5 Å². The Bertz CT molecular complexity index is 1280. The number of phosphoric ester groups is 1. The van der Waals surface area contributed by atoms with E-state index in [-0.39, 0.29) is 19.1 Å². The molecule has 73 heavy (non-hydrogen) atoms. The van der Waals surface area contributed by atoms with Gasteiger partial charge in [0.05, 0.1) is 39.9 Å². The first-order chi connectivity index (χ1) is 35.5. The van der Waals surface area contributed by atoms with Crippen LogP contribution in [0, 0.1) is 0 Å². The molecule has 0 rings (SSSR count). The molecule has 0 spiro atoms. The minimum absolute atomic E-state index is 0.00489. The zero-order valence-corrected chi connectivity index (χ0v) is 50.3. The van der Waals surface area contributed by atoms with Gasteiger partial charge in [-0.25, -0.2) is 0 Å². The van der Waals surface area contributed by atoms with Gasteiger partial charge in [0.25, 0.3) is 7.82 Å². The predicted octanol–water partition coefficient (Wildman–Crippen LogP) is 19.1. The van der Waals surface area contributed by atoms with E-state index in [0.717, 1.165) is 38.5 Å². The molecule has 0 aliphatic rings. The topological polar surface area (TPSA) is 108 Å². The van der Waals surface area contributed by atoms with Crippen molar-refractivity contribution in [1.82, 2.24) is 5.32 Å². The second-order valence-corrected chi connectivity index (χ2v) is 24.5. The molecule has 0 saturated heterocycles. The number of carbonyl (C=O) groups excluding carboxylic acids is 1. The first-order valence-electron chi connectivity index (χ1n) is 31.9. The van der Waals surface area contributed by atoms with Crippen molar-refractivity contribution >= 4 is 13.7 Å². The third-order valence-corrected chi connectivity index (χ3v) is 15.5. The number of aliphatic hydroxyl groups excluding tert-OH is 1. The highest BCUT2D eigenvalue weighted by Gasteiger charge is 2.23. The van der Waals surface area contributed by atoms with Crippen LogP contribution in [0.4, 0.5) is 0 Å². The molecule has 0 radical (unpaired) electrons. The zero-order chi connectivity index (χ0) is 53.5. The third kappa shape index (κ3) is 58.2. The summed E-state index contributed by atoms with van der Waals surface area (Å²) >= 11 is 0. The first-order valence-corrected chi connectivity index (χ1v) is 33.3. The average molecular weight is 1050 g/mol. The van der Waals surface area contributed by atoms with Crippen molar-refractivity contribution in [2.45, 2.75) is 328 Å². The summed E-state index contributed by atoms with van der Waals surface area (Å²) in [5.74, 6) is -0.204. The predicted molar refractivity (Wildman–Crippen MR) is 316 cm³/mol. The van der Waals surface area contributed by atoms with Crippen LogP contribution >= 0.6 is 7.82 Å². The van der Waals surface area contributed by atoms with Crippen LogP contribution in [0.3, 0.4) is 0 Å². The number of aliphatic hydroxyl groups is 1. The average Bonchev–Trinajstić information content (AvgIpc) is 3.35. The highest BCUT2D eigenvalue weighted by molar-refractivity contribution is 7.45. The quantitative estimate of drug-likeness (QED) is 0.0272. The third-order valence-electron chi connectivity index (χ3n) is 14.6. The molecule has 0 bridgehead atoms. The normalized spacial score (nSPS) is 14.0. The standard InChI is InChI=1S/C64H125N2O6P/c1-6-8-10-12-14-16-18-19-20-21-22-23-24-25-26-27-28-29-30-31-32-33-34-35-36-37-38-39-40-41-42-43-44-45-46-47-48-50-52-54-56-58-64(68)65-62(61-72-73(69,70)71-60-59-66(3,4)5)63(67)57-55-53-51-49-17-15-13-11-9-7-2/h17,21-22,49,55,57,62-63,67H,6-16,18-20,23-48,50-54,56,58-61H2,1-5H3,(H-,65,68,69,70)/b22-21-,49-17+,57-55+. The Kier molecular flexibility index (Phi) is 54.5. The molecule has 3 atom stereocenters. The summed E-state index contributed by atoms with van der Waals surface area (Å²) in [7, 11) is 1.25. The SMILES string of the molecule is CCCCCC/C=C/CC/C=C/C(O)C(COP(=O)([O-])OCC[N+](C)(C)C)NC(=O)CCCCCCCCCCCCCCCCCCCCCCCCCCCCCCC/C=C\CCCCCCCCCC. The molecule has 0 aromatic heterocycles. The van der Waals surface area contributed by atoms with E-state index in [0.29, 0.717) is 17.4 Å². The van der Waals surface area contributed by atoms with Crippen molar-refractivity contribution in [2.24, 2.45) is 0 Å². The van der Waals surface area contributed by atoms with Crippen LogP contribution in [0.2, 0.25) is 0 Å². The fraction of sp³-hybridized carbons (Fsp3) is 0.891. The Hall–Kier alpha value is -1.28. The van der Waals surface area contributed by atoms with Gasteiger partial charge in [0.2, 0.25) is 5.91 Å². The number of quaternary nitrogens is 1. The maximum absolute atomic E-state index is 12.9. The van der Waals surface area contributed by atoms with Gasteiger partial charge in [-0.1, -0.05) is 288 Å². The lowest BCUT2D eigenvalue weighted by Gasteiger charge is -2.29. The van der Waals surface area contributed by atoms with Gasteiger partial charge in [-0.2, -0.15) is 0 Å². The Morgan fingerprint density at radius 1 is 0.466 bits per heavy atom. The number of nitrogens with one attached hydrogen (secondary N) is 1. The second kappa shape index (κ2) is 55.5. The number of hydrogen-bond acceptors (Lipinski definition) is 6.